The Morgan fingerprint density at radius 3 is 2.56 bits per heavy atom. The maximum Gasteiger partial charge on any atom is 0.416 e. The van der Waals surface area contributed by atoms with E-state index in [2.05, 4.69) is 9.62 Å². The van der Waals surface area contributed by atoms with Crippen LogP contribution in [0.4, 0.5) is 10.5 Å². The first-order chi connectivity index (χ1) is 19.6. The molecule has 12 heteroatoms. The van der Waals surface area contributed by atoms with Crippen LogP contribution in [-0.2, 0) is 24.3 Å². The highest BCUT2D eigenvalue weighted by Crippen LogP contribution is 2.33. The average Bonchev–Trinajstić information content (AvgIpc) is 3.25. The van der Waals surface area contributed by atoms with Gasteiger partial charge < -0.3 is 14.4 Å². The lowest BCUT2D eigenvalue weighted by atomic mass is 9.99. The van der Waals surface area contributed by atoms with E-state index in [0.29, 0.717) is 42.7 Å². The molecule has 218 valence electrons. The minimum absolute atomic E-state index is 0.126. The van der Waals surface area contributed by atoms with E-state index in [-0.39, 0.29) is 24.5 Å². The van der Waals surface area contributed by atoms with Gasteiger partial charge in [0.1, 0.15) is 12.3 Å². The van der Waals surface area contributed by atoms with Gasteiger partial charge >= 0.3 is 6.09 Å². The molecule has 2 amide bonds. The quantitative estimate of drug-likeness (QED) is 0.466. The van der Waals surface area contributed by atoms with E-state index in [1.807, 2.05) is 30.3 Å². The number of morpholine rings is 1. The summed E-state index contributed by atoms with van der Waals surface area (Å²) >= 11 is 6.21. The van der Waals surface area contributed by atoms with E-state index in [0.717, 1.165) is 36.0 Å². The van der Waals surface area contributed by atoms with Crippen LogP contribution in [-0.4, -0.2) is 93.9 Å². The summed E-state index contributed by atoms with van der Waals surface area (Å²) < 4.78 is 36.7. The highest BCUT2D eigenvalue weighted by atomic mass is 35.5. The molecule has 0 spiro atoms. The third-order valence-electron chi connectivity index (χ3n) is 7.46. The molecule has 2 unspecified atom stereocenters. The molecule has 2 heterocycles. The van der Waals surface area contributed by atoms with Gasteiger partial charge in [0.15, 0.2) is 0 Å². The van der Waals surface area contributed by atoms with Gasteiger partial charge in [-0.25, -0.2) is 13.2 Å². The number of benzene rings is 2. The SMILES string of the molecule is CN(C(=O)CN1C(=O)OC2=CC=C(Cl)CC21)C(CN1CCOCC1)c1ccc(-c2cccc(NS(C)(=O)=O)c2)cc1. The van der Waals surface area contributed by atoms with Crippen molar-refractivity contribution >= 4 is 39.3 Å². The number of hydrogen-bond acceptors (Lipinski definition) is 7. The molecule has 2 fully saturated rings. The van der Waals surface area contributed by atoms with Crippen LogP contribution in [0.3, 0.4) is 0 Å². The number of rotatable bonds is 9. The first kappa shape index (κ1) is 29.1. The van der Waals surface area contributed by atoms with E-state index in [1.165, 1.54) is 4.90 Å². The van der Waals surface area contributed by atoms with Crippen LogP contribution >= 0.6 is 11.6 Å². The van der Waals surface area contributed by atoms with Gasteiger partial charge in [-0.3, -0.25) is 19.3 Å². The molecule has 0 aromatic heterocycles. The minimum atomic E-state index is -3.39. The van der Waals surface area contributed by atoms with Crippen molar-refractivity contribution in [3.63, 3.8) is 0 Å². The molecule has 0 bridgehead atoms. The van der Waals surface area contributed by atoms with Gasteiger partial charge in [-0.2, -0.15) is 0 Å². The Morgan fingerprint density at radius 2 is 1.85 bits per heavy atom. The summed E-state index contributed by atoms with van der Waals surface area (Å²) in [5.41, 5.74) is 3.19. The van der Waals surface area contributed by atoms with Crippen LogP contribution in [0.25, 0.3) is 11.1 Å². The normalized spacial score (nSPS) is 20.0. The first-order valence-electron chi connectivity index (χ1n) is 13.4. The smallest absolute Gasteiger partial charge is 0.412 e. The van der Waals surface area contributed by atoms with Crippen molar-refractivity contribution in [2.75, 3.05) is 57.4 Å². The fourth-order valence-electron chi connectivity index (χ4n) is 5.25. The largest absolute Gasteiger partial charge is 0.416 e. The number of hydrogen-bond donors (Lipinski definition) is 1. The summed E-state index contributed by atoms with van der Waals surface area (Å²) in [4.78, 5) is 31.6. The number of carbonyl (C=O) groups excluding carboxylic acids is 2. The number of nitrogens with one attached hydrogen (secondary N) is 1. The van der Waals surface area contributed by atoms with Gasteiger partial charge in [0.25, 0.3) is 0 Å². The molecule has 41 heavy (non-hydrogen) atoms. The lowest BCUT2D eigenvalue weighted by Crippen LogP contribution is -2.47. The standard InChI is InChI=1S/C29H33ClN4O6S/c1-32(28(35)19-34-25-17-23(30)10-11-27(25)40-29(34)36)26(18-33-12-14-39-15-13-33)21-8-6-20(7-9-21)22-4-3-5-24(16-22)31-41(2,37)38/h3-11,16,25-26,31H,12-15,17-19H2,1-2H3. The fraction of sp³-hybridized carbons (Fsp3) is 0.379. The molecule has 5 rings (SSSR count). The van der Waals surface area contributed by atoms with Crippen molar-refractivity contribution in [1.29, 1.82) is 0 Å². The summed E-state index contributed by atoms with van der Waals surface area (Å²) in [5, 5.41) is 0.603. The van der Waals surface area contributed by atoms with Crippen LogP contribution < -0.4 is 4.72 Å². The van der Waals surface area contributed by atoms with Gasteiger partial charge in [0, 0.05) is 43.8 Å². The number of carbonyl (C=O) groups is 2. The molecule has 1 aliphatic carbocycles. The summed E-state index contributed by atoms with van der Waals surface area (Å²) in [6.07, 6.45) is 4.36. The molecule has 2 aromatic carbocycles. The number of allylic oxidation sites excluding steroid dienone is 2. The Labute approximate surface area is 245 Å². The Balaban J connectivity index is 1.36. The van der Waals surface area contributed by atoms with E-state index in [1.54, 1.807) is 42.3 Å². The third-order valence-corrected chi connectivity index (χ3v) is 8.34. The molecular formula is C29H33ClN4O6S. The van der Waals surface area contributed by atoms with Crippen molar-refractivity contribution in [3.8, 4) is 11.1 Å². The Bertz CT molecular complexity index is 1470. The summed E-state index contributed by atoms with van der Waals surface area (Å²) in [7, 11) is -1.64. The number of fused-ring (bicyclic) bond motifs is 1. The van der Waals surface area contributed by atoms with Crippen LogP contribution in [0.2, 0.25) is 0 Å². The maximum absolute atomic E-state index is 13.6. The lowest BCUT2D eigenvalue weighted by Gasteiger charge is -2.36. The number of halogens is 1. The van der Waals surface area contributed by atoms with Crippen LogP contribution in [0.5, 0.6) is 0 Å². The van der Waals surface area contributed by atoms with Gasteiger partial charge in [0.2, 0.25) is 15.9 Å². The second kappa shape index (κ2) is 12.2. The van der Waals surface area contributed by atoms with Crippen molar-refractivity contribution in [1.82, 2.24) is 14.7 Å². The summed E-state index contributed by atoms with van der Waals surface area (Å²) in [6.45, 7) is 3.26. The number of amides is 2. The average molecular weight is 601 g/mol. The van der Waals surface area contributed by atoms with Crippen molar-refractivity contribution in [3.05, 3.63) is 77.0 Å². The number of nitrogens with zero attached hydrogens (tertiary/aromatic N) is 3. The summed E-state index contributed by atoms with van der Waals surface area (Å²) in [5.74, 6) is 0.293. The van der Waals surface area contributed by atoms with Crippen molar-refractivity contribution in [2.24, 2.45) is 0 Å². The second-order valence-electron chi connectivity index (χ2n) is 10.4. The first-order valence-corrected chi connectivity index (χ1v) is 15.6. The molecule has 3 aliphatic rings. The zero-order chi connectivity index (χ0) is 29.1. The molecule has 10 nitrogen and oxygen atoms in total. The summed E-state index contributed by atoms with van der Waals surface area (Å²) in [6, 6.07) is 14.4. The molecule has 0 saturated carbocycles. The molecule has 2 aliphatic heterocycles. The Kier molecular flexibility index (Phi) is 8.69. The van der Waals surface area contributed by atoms with Gasteiger partial charge in [-0.1, -0.05) is 48.0 Å². The lowest BCUT2D eigenvalue weighted by molar-refractivity contribution is -0.133. The van der Waals surface area contributed by atoms with Crippen LogP contribution in [0, 0.1) is 0 Å². The second-order valence-corrected chi connectivity index (χ2v) is 12.6. The monoisotopic (exact) mass is 600 g/mol. The zero-order valence-corrected chi connectivity index (χ0v) is 24.5. The maximum atomic E-state index is 13.6. The van der Waals surface area contributed by atoms with Gasteiger partial charge in [-0.05, 0) is 41.0 Å². The molecule has 0 radical (unpaired) electrons. The third kappa shape index (κ3) is 7.10. The predicted molar refractivity (Wildman–Crippen MR) is 157 cm³/mol. The Morgan fingerprint density at radius 1 is 1.12 bits per heavy atom. The molecule has 1 N–H and O–H groups in total. The highest BCUT2D eigenvalue weighted by molar-refractivity contribution is 7.92. The topological polar surface area (TPSA) is 108 Å². The molecular weight excluding hydrogens is 568 g/mol. The van der Waals surface area contributed by atoms with Crippen LogP contribution in [0.15, 0.2) is 71.5 Å². The predicted octanol–water partition coefficient (Wildman–Crippen LogP) is 3.79. The minimum Gasteiger partial charge on any atom is -0.412 e. The Hall–Kier alpha value is -3.38. The highest BCUT2D eigenvalue weighted by Gasteiger charge is 2.41. The van der Waals surface area contributed by atoms with E-state index < -0.39 is 16.1 Å². The van der Waals surface area contributed by atoms with Crippen molar-refractivity contribution < 1.29 is 27.5 Å². The molecule has 2 saturated heterocycles. The van der Waals surface area contributed by atoms with Crippen LogP contribution in [0.1, 0.15) is 18.0 Å². The number of sulfonamides is 1. The van der Waals surface area contributed by atoms with Crippen molar-refractivity contribution in [2.45, 2.75) is 18.5 Å². The number of ether oxygens (including phenoxy) is 2. The van der Waals surface area contributed by atoms with Gasteiger partial charge in [0.05, 0.1) is 31.6 Å². The zero-order valence-electron chi connectivity index (χ0n) is 23.0. The van der Waals surface area contributed by atoms with E-state index >= 15 is 0 Å². The van der Waals surface area contributed by atoms with Gasteiger partial charge in [-0.15, -0.1) is 0 Å². The number of anilines is 1. The number of likely N-dealkylation sites (N-methyl/N-ethyl adjacent to an activating group) is 1. The molecule has 2 aromatic rings. The molecule has 2 atom stereocenters. The fourth-order valence-corrected chi connectivity index (χ4v) is 6.01. The van der Waals surface area contributed by atoms with E-state index in [9.17, 15) is 18.0 Å². The van der Waals surface area contributed by atoms with E-state index in [4.69, 9.17) is 21.1 Å².